The average Bonchev–Trinajstić information content (AvgIpc) is 2.72. The van der Waals surface area contributed by atoms with Crippen LogP contribution in [0, 0.1) is 0 Å². The third-order valence-electron chi connectivity index (χ3n) is 4.30. The summed E-state index contributed by atoms with van der Waals surface area (Å²) in [4.78, 5) is 14.8. The van der Waals surface area contributed by atoms with Crippen LogP contribution < -0.4 is 14.4 Å². The van der Waals surface area contributed by atoms with Gasteiger partial charge in [0.25, 0.3) is 5.91 Å². The van der Waals surface area contributed by atoms with E-state index < -0.39 is 0 Å². The Hall–Kier alpha value is -3.27. The van der Waals surface area contributed by atoms with Crippen LogP contribution in [-0.2, 0) is 6.61 Å². The fraction of sp³-hybridized carbons (Fsp3) is 0.136. The molecule has 0 saturated carbocycles. The third-order valence-corrected chi connectivity index (χ3v) is 4.30. The van der Waals surface area contributed by atoms with Crippen LogP contribution in [-0.4, -0.2) is 19.1 Å². The van der Waals surface area contributed by atoms with Crippen molar-refractivity contribution >= 4 is 11.6 Å². The molecule has 4 rings (SSSR count). The number of fused-ring (bicyclic) bond motifs is 1. The van der Waals surface area contributed by atoms with Gasteiger partial charge in [0.15, 0.2) is 0 Å². The Morgan fingerprint density at radius 3 is 2.65 bits per heavy atom. The van der Waals surface area contributed by atoms with Crippen LogP contribution in [0.4, 0.5) is 5.69 Å². The number of carbonyl (C=O) groups is 1. The summed E-state index contributed by atoms with van der Waals surface area (Å²) in [5.74, 6) is 1.37. The number of nitrogens with zero attached hydrogens (tertiary/aromatic N) is 1. The van der Waals surface area contributed by atoms with Gasteiger partial charge < -0.3 is 14.4 Å². The molecule has 130 valence electrons. The van der Waals surface area contributed by atoms with Gasteiger partial charge >= 0.3 is 0 Å². The van der Waals surface area contributed by atoms with Gasteiger partial charge in [0.2, 0.25) is 0 Å². The Balaban J connectivity index is 1.52. The molecule has 0 fully saturated rings. The average molecular weight is 345 g/mol. The maximum atomic E-state index is 13.0. The summed E-state index contributed by atoms with van der Waals surface area (Å²) in [5.41, 5.74) is 2.50. The minimum Gasteiger partial charge on any atom is -0.490 e. The highest BCUT2D eigenvalue weighted by Gasteiger charge is 2.24. The predicted molar refractivity (Wildman–Crippen MR) is 101 cm³/mol. The van der Waals surface area contributed by atoms with E-state index in [0.717, 1.165) is 17.0 Å². The molecular formula is C22H19NO3. The Labute approximate surface area is 152 Å². The van der Waals surface area contributed by atoms with E-state index in [2.05, 4.69) is 0 Å². The van der Waals surface area contributed by atoms with Gasteiger partial charge in [0.1, 0.15) is 24.7 Å². The number of ether oxygens (including phenoxy) is 2. The van der Waals surface area contributed by atoms with Crippen molar-refractivity contribution < 1.29 is 14.3 Å². The molecule has 1 aliphatic heterocycles. The van der Waals surface area contributed by atoms with Gasteiger partial charge in [-0.2, -0.15) is 0 Å². The smallest absolute Gasteiger partial charge is 0.258 e. The Bertz CT molecular complexity index is 908. The van der Waals surface area contributed by atoms with Gasteiger partial charge in [0.05, 0.1) is 12.2 Å². The van der Waals surface area contributed by atoms with Crippen LogP contribution in [0.1, 0.15) is 15.9 Å². The van der Waals surface area contributed by atoms with Gasteiger partial charge in [0, 0.05) is 5.56 Å². The van der Waals surface area contributed by atoms with E-state index in [-0.39, 0.29) is 5.91 Å². The number of rotatable bonds is 4. The second-order valence-corrected chi connectivity index (χ2v) is 6.08. The molecule has 0 bridgehead atoms. The van der Waals surface area contributed by atoms with Crippen LogP contribution in [0.15, 0.2) is 78.9 Å². The third kappa shape index (κ3) is 3.40. The molecular weight excluding hydrogens is 326 g/mol. The minimum absolute atomic E-state index is 0.0501. The Morgan fingerprint density at radius 2 is 1.77 bits per heavy atom. The molecule has 3 aromatic carbocycles. The molecule has 0 aromatic heterocycles. The zero-order valence-corrected chi connectivity index (χ0v) is 14.3. The fourth-order valence-electron chi connectivity index (χ4n) is 3.00. The lowest BCUT2D eigenvalue weighted by atomic mass is 10.1. The number of para-hydroxylation sites is 2. The second kappa shape index (κ2) is 7.31. The lowest BCUT2D eigenvalue weighted by molar-refractivity contribution is 0.0976. The van der Waals surface area contributed by atoms with E-state index >= 15 is 0 Å². The molecule has 3 aromatic rings. The van der Waals surface area contributed by atoms with Crippen LogP contribution in [0.3, 0.4) is 0 Å². The number of anilines is 1. The van der Waals surface area contributed by atoms with E-state index in [1.807, 2.05) is 72.8 Å². The molecule has 0 N–H and O–H groups in total. The van der Waals surface area contributed by atoms with E-state index in [1.165, 1.54) is 0 Å². The van der Waals surface area contributed by atoms with Crippen LogP contribution in [0.2, 0.25) is 0 Å². The topological polar surface area (TPSA) is 38.8 Å². The van der Waals surface area contributed by atoms with Crippen molar-refractivity contribution in [1.29, 1.82) is 0 Å². The molecule has 26 heavy (non-hydrogen) atoms. The van der Waals surface area contributed by atoms with E-state index in [4.69, 9.17) is 9.47 Å². The minimum atomic E-state index is -0.0501. The number of hydrogen-bond donors (Lipinski definition) is 0. The lowest BCUT2D eigenvalue weighted by Gasteiger charge is -2.29. The highest BCUT2D eigenvalue weighted by atomic mass is 16.5. The molecule has 1 heterocycles. The summed E-state index contributed by atoms with van der Waals surface area (Å²) in [5, 5.41) is 0. The van der Waals surface area contributed by atoms with Gasteiger partial charge in [-0.3, -0.25) is 4.79 Å². The molecule has 1 amide bonds. The first kappa shape index (κ1) is 16.2. The summed E-state index contributed by atoms with van der Waals surface area (Å²) < 4.78 is 11.5. The highest BCUT2D eigenvalue weighted by Crippen LogP contribution is 2.32. The van der Waals surface area contributed by atoms with Gasteiger partial charge in [-0.05, 0) is 35.9 Å². The fourth-order valence-corrected chi connectivity index (χ4v) is 3.00. The first-order valence-electron chi connectivity index (χ1n) is 8.62. The maximum absolute atomic E-state index is 13.0. The SMILES string of the molecule is O=C(c1cccc(OCc2ccccc2)c1)N1CCOc2ccccc21. The zero-order valence-electron chi connectivity index (χ0n) is 14.3. The number of benzene rings is 3. The Kier molecular flexibility index (Phi) is 4.56. The van der Waals surface area contributed by atoms with Crippen molar-refractivity contribution in [3.05, 3.63) is 90.0 Å². The Morgan fingerprint density at radius 1 is 0.962 bits per heavy atom. The summed E-state index contributed by atoms with van der Waals surface area (Å²) in [6.07, 6.45) is 0. The molecule has 0 atom stereocenters. The van der Waals surface area contributed by atoms with Crippen molar-refractivity contribution in [1.82, 2.24) is 0 Å². The molecule has 0 spiro atoms. The lowest BCUT2D eigenvalue weighted by Crippen LogP contribution is -2.37. The normalized spacial score (nSPS) is 12.8. The zero-order chi connectivity index (χ0) is 17.8. The van der Waals surface area contributed by atoms with Crippen LogP contribution in [0.5, 0.6) is 11.5 Å². The largest absolute Gasteiger partial charge is 0.490 e. The molecule has 1 aliphatic rings. The maximum Gasteiger partial charge on any atom is 0.258 e. The molecule has 4 nitrogen and oxygen atoms in total. The van der Waals surface area contributed by atoms with E-state index in [9.17, 15) is 4.79 Å². The number of amides is 1. The first-order valence-corrected chi connectivity index (χ1v) is 8.62. The molecule has 0 aliphatic carbocycles. The van der Waals surface area contributed by atoms with Crippen LogP contribution in [0.25, 0.3) is 0 Å². The summed E-state index contributed by atoms with van der Waals surface area (Å²) in [7, 11) is 0. The molecule has 0 saturated heterocycles. The summed E-state index contributed by atoms with van der Waals surface area (Å²) in [6.45, 7) is 1.50. The quantitative estimate of drug-likeness (QED) is 0.707. The number of hydrogen-bond acceptors (Lipinski definition) is 3. The van der Waals surface area contributed by atoms with Gasteiger partial charge in [-0.15, -0.1) is 0 Å². The van der Waals surface area contributed by atoms with Crippen molar-refractivity contribution in [2.45, 2.75) is 6.61 Å². The second-order valence-electron chi connectivity index (χ2n) is 6.08. The molecule has 4 heteroatoms. The van der Waals surface area contributed by atoms with Gasteiger partial charge in [-0.1, -0.05) is 48.5 Å². The van der Waals surface area contributed by atoms with Crippen molar-refractivity contribution in [3.8, 4) is 11.5 Å². The van der Waals surface area contributed by atoms with Crippen LogP contribution >= 0.6 is 0 Å². The first-order chi connectivity index (χ1) is 12.8. The van der Waals surface area contributed by atoms with Crippen molar-refractivity contribution in [2.24, 2.45) is 0 Å². The monoisotopic (exact) mass is 345 g/mol. The predicted octanol–water partition coefficient (Wildman–Crippen LogP) is 4.30. The highest BCUT2D eigenvalue weighted by molar-refractivity contribution is 6.07. The van der Waals surface area contributed by atoms with E-state index in [1.54, 1.807) is 11.0 Å². The molecule has 0 unspecified atom stereocenters. The number of carbonyl (C=O) groups excluding carboxylic acids is 1. The van der Waals surface area contributed by atoms with E-state index in [0.29, 0.717) is 31.1 Å². The van der Waals surface area contributed by atoms with Crippen molar-refractivity contribution in [3.63, 3.8) is 0 Å². The molecule has 0 radical (unpaired) electrons. The summed E-state index contributed by atoms with van der Waals surface area (Å²) in [6, 6.07) is 24.9. The standard InChI is InChI=1S/C22H19NO3/c24-22(23-13-14-25-21-12-5-4-11-20(21)23)18-9-6-10-19(15-18)26-16-17-7-2-1-3-8-17/h1-12,15H,13-14,16H2. The van der Waals surface area contributed by atoms with Gasteiger partial charge in [-0.25, -0.2) is 0 Å². The summed E-state index contributed by atoms with van der Waals surface area (Å²) >= 11 is 0. The van der Waals surface area contributed by atoms with Crippen molar-refractivity contribution in [2.75, 3.05) is 18.1 Å².